The van der Waals surface area contributed by atoms with E-state index in [1.54, 1.807) is 4.68 Å². The van der Waals surface area contributed by atoms with Crippen LogP contribution in [0.4, 0.5) is 0 Å². The van der Waals surface area contributed by atoms with Gasteiger partial charge in [0.25, 0.3) is 0 Å². The third-order valence-electron chi connectivity index (χ3n) is 2.55. The maximum Gasteiger partial charge on any atom is 0.0846 e. The second-order valence-corrected chi connectivity index (χ2v) is 4.24. The summed E-state index contributed by atoms with van der Waals surface area (Å²) in [7, 11) is 1.83. The molecule has 0 saturated heterocycles. The first-order valence-electron chi connectivity index (χ1n) is 5.26. The lowest BCUT2D eigenvalue weighted by atomic mass is 10.0. The van der Waals surface area contributed by atoms with Crippen LogP contribution in [0.3, 0.4) is 0 Å². The summed E-state index contributed by atoms with van der Waals surface area (Å²) >= 11 is 6.13. The first-order valence-corrected chi connectivity index (χ1v) is 5.64. The van der Waals surface area contributed by atoms with Gasteiger partial charge in [-0.3, -0.25) is 16.0 Å². The van der Waals surface area contributed by atoms with Gasteiger partial charge in [-0.15, -0.1) is 5.10 Å². The van der Waals surface area contributed by atoms with Crippen LogP contribution in [0.5, 0.6) is 0 Å². The molecule has 3 N–H and O–H groups in total. The van der Waals surface area contributed by atoms with Crippen LogP contribution >= 0.6 is 11.6 Å². The molecule has 0 radical (unpaired) electrons. The lowest BCUT2D eigenvalue weighted by molar-refractivity contribution is 0.545. The Hall–Kier alpha value is -1.43. The summed E-state index contributed by atoms with van der Waals surface area (Å²) in [5.74, 6) is 5.56. The smallest absolute Gasteiger partial charge is 0.0846 e. The van der Waals surface area contributed by atoms with Gasteiger partial charge >= 0.3 is 0 Å². The second kappa shape index (κ2) is 5.27. The Morgan fingerprint density at radius 1 is 1.47 bits per heavy atom. The first-order chi connectivity index (χ1) is 8.20. The molecule has 0 spiro atoms. The highest BCUT2D eigenvalue weighted by atomic mass is 35.5. The van der Waals surface area contributed by atoms with Gasteiger partial charge in [0, 0.05) is 24.7 Å². The van der Waals surface area contributed by atoms with Crippen molar-refractivity contribution >= 4 is 11.6 Å². The fraction of sp³-hybridized carbons (Fsp3) is 0.273. The molecule has 0 amide bonds. The molecule has 1 aromatic carbocycles. The van der Waals surface area contributed by atoms with Crippen molar-refractivity contribution in [2.24, 2.45) is 12.9 Å². The average Bonchev–Trinajstić information content (AvgIpc) is 2.73. The molecule has 5 nitrogen and oxygen atoms in total. The van der Waals surface area contributed by atoms with E-state index in [9.17, 15) is 0 Å². The number of aryl methyl sites for hydroxylation is 1. The van der Waals surface area contributed by atoms with Gasteiger partial charge in [-0.05, 0) is 11.6 Å². The molecule has 2 aromatic rings. The van der Waals surface area contributed by atoms with Crippen LogP contribution in [-0.2, 0) is 13.5 Å². The normalized spacial score (nSPS) is 12.6. The highest BCUT2D eigenvalue weighted by Gasteiger charge is 2.15. The zero-order valence-corrected chi connectivity index (χ0v) is 10.2. The minimum Gasteiger partial charge on any atom is -0.271 e. The number of hydrazine groups is 1. The molecule has 2 rings (SSSR count). The molecule has 6 heteroatoms. The van der Waals surface area contributed by atoms with E-state index in [1.165, 1.54) is 0 Å². The van der Waals surface area contributed by atoms with Gasteiger partial charge in [-0.25, -0.2) is 0 Å². The lowest BCUT2D eigenvalue weighted by Crippen LogP contribution is -2.29. The third-order valence-corrected chi connectivity index (χ3v) is 2.89. The minimum absolute atomic E-state index is 0.0691. The van der Waals surface area contributed by atoms with E-state index < -0.39 is 0 Å². The molecule has 90 valence electrons. The largest absolute Gasteiger partial charge is 0.271 e. The van der Waals surface area contributed by atoms with Crippen LogP contribution in [-0.4, -0.2) is 15.0 Å². The number of aromatic nitrogens is 3. The molecule has 0 bridgehead atoms. The number of nitrogens with one attached hydrogen (secondary N) is 1. The molecular formula is C11H14ClN5. The van der Waals surface area contributed by atoms with E-state index >= 15 is 0 Å². The van der Waals surface area contributed by atoms with E-state index in [1.807, 2.05) is 37.5 Å². The summed E-state index contributed by atoms with van der Waals surface area (Å²) in [6.45, 7) is 0. The molecular weight excluding hydrogens is 238 g/mol. The zero-order chi connectivity index (χ0) is 12.3. The number of benzene rings is 1. The van der Waals surface area contributed by atoms with Gasteiger partial charge in [0.2, 0.25) is 0 Å². The van der Waals surface area contributed by atoms with Crippen LogP contribution in [0, 0.1) is 0 Å². The van der Waals surface area contributed by atoms with Crippen molar-refractivity contribution in [2.75, 3.05) is 0 Å². The quantitative estimate of drug-likeness (QED) is 0.633. The summed E-state index contributed by atoms with van der Waals surface area (Å²) in [6.07, 6.45) is 2.51. The van der Waals surface area contributed by atoms with E-state index in [0.29, 0.717) is 11.4 Å². The van der Waals surface area contributed by atoms with E-state index in [4.69, 9.17) is 17.4 Å². The Balaban J connectivity index is 2.20. The molecule has 0 aliphatic heterocycles. The molecule has 17 heavy (non-hydrogen) atoms. The molecule has 1 atom stereocenters. The van der Waals surface area contributed by atoms with Crippen molar-refractivity contribution in [3.8, 4) is 0 Å². The minimum atomic E-state index is -0.0691. The number of hydrogen-bond acceptors (Lipinski definition) is 4. The van der Waals surface area contributed by atoms with Crippen molar-refractivity contribution < 1.29 is 0 Å². The fourth-order valence-electron chi connectivity index (χ4n) is 1.71. The van der Waals surface area contributed by atoms with E-state index in [0.717, 1.165) is 11.3 Å². The van der Waals surface area contributed by atoms with Crippen molar-refractivity contribution in [3.05, 3.63) is 46.7 Å². The predicted molar refractivity (Wildman–Crippen MR) is 66.2 cm³/mol. The molecule has 0 aliphatic rings. The zero-order valence-electron chi connectivity index (χ0n) is 9.47. The SMILES string of the molecule is Cn1cc(CC(NN)c2ccccc2Cl)nn1. The number of nitrogens with zero attached hydrogens (tertiary/aromatic N) is 3. The molecule has 0 aliphatic carbocycles. The Labute approximate surface area is 105 Å². The maximum absolute atomic E-state index is 6.13. The average molecular weight is 252 g/mol. The summed E-state index contributed by atoms with van der Waals surface area (Å²) in [6, 6.07) is 7.55. The van der Waals surface area contributed by atoms with Crippen LogP contribution in [0.2, 0.25) is 5.02 Å². The molecule has 0 saturated carbocycles. The van der Waals surface area contributed by atoms with E-state index in [-0.39, 0.29) is 6.04 Å². The number of hydrogen-bond donors (Lipinski definition) is 2. The van der Waals surface area contributed by atoms with Gasteiger partial charge in [-0.2, -0.15) is 0 Å². The number of rotatable bonds is 4. The highest BCUT2D eigenvalue weighted by Crippen LogP contribution is 2.24. The summed E-state index contributed by atoms with van der Waals surface area (Å²) < 4.78 is 1.66. The van der Waals surface area contributed by atoms with Crippen LogP contribution in [0.1, 0.15) is 17.3 Å². The summed E-state index contributed by atoms with van der Waals surface area (Å²) in [5, 5.41) is 8.61. The van der Waals surface area contributed by atoms with Crippen LogP contribution < -0.4 is 11.3 Å². The third kappa shape index (κ3) is 2.82. The highest BCUT2D eigenvalue weighted by molar-refractivity contribution is 6.31. The monoisotopic (exact) mass is 251 g/mol. The Morgan fingerprint density at radius 2 is 2.24 bits per heavy atom. The Bertz CT molecular complexity index is 496. The van der Waals surface area contributed by atoms with Crippen LogP contribution in [0.15, 0.2) is 30.5 Å². The molecule has 1 heterocycles. The Kier molecular flexibility index (Phi) is 3.73. The molecule has 1 aromatic heterocycles. The van der Waals surface area contributed by atoms with Crippen molar-refractivity contribution in [1.82, 2.24) is 20.4 Å². The second-order valence-electron chi connectivity index (χ2n) is 3.83. The molecule has 0 fully saturated rings. The Morgan fingerprint density at radius 3 is 2.82 bits per heavy atom. The lowest BCUT2D eigenvalue weighted by Gasteiger charge is -2.16. The summed E-state index contributed by atoms with van der Waals surface area (Å²) in [4.78, 5) is 0. The van der Waals surface area contributed by atoms with Crippen molar-refractivity contribution in [3.63, 3.8) is 0 Å². The van der Waals surface area contributed by atoms with Gasteiger partial charge in [0.15, 0.2) is 0 Å². The van der Waals surface area contributed by atoms with E-state index in [2.05, 4.69) is 15.7 Å². The number of halogens is 1. The first kappa shape index (κ1) is 12.0. The fourth-order valence-corrected chi connectivity index (χ4v) is 1.98. The molecule has 1 unspecified atom stereocenters. The summed E-state index contributed by atoms with van der Waals surface area (Å²) in [5.41, 5.74) is 4.59. The van der Waals surface area contributed by atoms with Gasteiger partial charge in [0.1, 0.15) is 0 Å². The van der Waals surface area contributed by atoms with Crippen LogP contribution in [0.25, 0.3) is 0 Å². The predicted octanol–water partition coefficient (Wildman–Crippen LogP) is 1.22. The maximum atomic E-state index is 6.13. The number of nitrogens with two attached hydrogens (primary N) is 1. The standard InChI is InChI=1S/C11H14ClN5/c1-17-7-8(15-16-17)6-11(14-13)9-4-2-3-5-10(9)12/h2-5,7,11,14H,6,13H2,1H3. The van der Waals surface area contributed by atoms with Crippen molar-refractivity contribution in [1.29, 1.82) is 0 Å². The van der Waals surface area contributed by atoms with Gasteiger partial charge in [-0.1, -0.05) is 35.0 Å². The van der Waals surface area contributed by atoms with Crippen molar-refractivity contribution in [2.45, 2.75) is 12.5 Å². The topological polar surface area (TPSA) is 68.8 Å². The van der Waals surface area contributed by atoms with Gasteiger partial charge in [0.05, 0.1) is 11.7 Å². The van der Waals surface area contributed by atoms with Gasteiger partial charge < -0.3 is 0 Å².